The Balaban J connectivity index is 2.06. The van der Waals surface area contributed by atoms with E-state index >= 15 is 0 Å². The van der Waals surface area contributed by atoms with Gasteiger partial charge in [-0.2, -0.15) is 5.26 Å². The zero-order valence-electron chi connectivity index (χ0n) is 25.1. The average Bonchev–Trinajstić information content (AvgIpc) is 2.97. The van der Waals surface area contributed by atoms with Gasteiger partial charge >= 0.3 is 6.09 Å². The fourth-order valence-corrected chi connectivity index (χ4v) is 5.29. The van der Waals surface area contributed by atoms with Crippen molar-refractivity contribution in [1.82, 2.24) is 20.4 Å². The zero-order valence-corrected chi connectivity index (χ0v) is 25.1. The normalized spacial score (nSPS) is 19.0. The van der Waals surface area contributed by atoms with Crippen molar-refractivity contribution in [3.8, 4) is 6.07 Å². The monoisotopic (exact) mass is 570 g/mol. The summed E-state index contributed by atoms with van der Waals surface area (Å²) in [5.41, 5.74) is -0.315. The van der Waals surface area contributed by atoms with Gasteiger partial charge in [-0.25, -0.2) is 9.79 Å². The second-order valence-corrected chi connectivity index (χ2v) is 11.8. The second-order valence-electron chi connectivity index (χ2n) is 11.8. The number of ether oxygens (including phenoxy) is 3. The van der Waals surface area contributed by atoms with Crippen molar-refractivity contribution < 1.29 is 23.8 Å². The van der Waals surface area contributed by atoms with Crippen LogP contribution in [0.15, 0.2) is 35.3 Å². The number of guanidine groups is 1. The van der Waals surface area contributed by atoms with Crippen molar-refractivity contribution in [2.24, 2.45) is 10.4 Å². The highest BCUT2D eigenvalue weighted by Gasteiger charge is 2.46. The van der Waals surface area contributed by atoms with Crippen molar-refractivity contribution in [3.05, 3.63) is 35.9 Å². The fourth-order valence-electron chi connectivity index (χ4n) is 5.29. The number of carbonyl (C=O) groups is 2. The van der Waals surface area contributed by atoms with Crippen molar-refractivity contribution in [2.75, 3.05) is 59.7 Å². The van der Waals surface area contributed by atoms with Gasteiger partial charge in [0, 0.05) is 20.2 Å². The van der Waals surface area contributed by atoms with E-state index < -0.39 is 17.7 Å². The third-order valence-corrected chi connectivity index (χ3v) is 7.42. The van der Waals surface area contributed by atoms with E-state index in [0.29, 0.717) is 58.7 Å². The summed E-state index contributed by atoms with van der Waals surface area (Å²) in [5.74, 6) is 0.0296. The maximum Gasteiger partial charge on any atom is 0.414 e. The van der Waals surface area contributed by atoms with Crippen LogP contribution in [0.25, 0.3) is 0 Å². The number of hydrogen-bond donors (Lipinski definition) is 2. The predicted molar refractivity (Wildman–Crippen MR) is 156 cm³/mol. The van der Waals surface area contributed by atoms with Gasteiger partial charge in [0.2, 0.25) is 11.9 Å². The average molecular weight is 571 g/mol. The molecule has 0 saturated carbocycles. The number of methoxy groups -OCH3 is 1. The standard InChI is InChI=1S/C30H46N6O5/c1-23(24-9-7-6-8-10-24)36(30(22-31)11-13-32-14-12-30)26(37)25(21-29(2,3)4)33-27(35-15-17-40-18-16-35)34-28(38)41-20-19-39-5/h6-10,23,25,32H,11-21H2,1-5H3,(H,33,34,38). The summed E-state index contributed by atoms with van der Waals surface area (Å²) >= 11 is 0. The van der Waals surface area contributed by atoms with Crippen LogP contribution in [-0.2, 0) is 19.0 Å². The molecule has 2 fully saturated rings. The Labute approximate surface area is 244 Å². The number of morpholine rings is 1. The molecule has 1 aromatic rings. The molecule has 0 radical (unpaired) electrons. The molecule has 2 unspecified atom stereocenters. The molecule has 2 heterocycles. The Morgan fingerprint density at radius 3 is 2.44 bits per heavy atom. The predicted octanol–water partition coefficient (Wildman–Crippen LogP) is 3.09. The minimum Gasteiger partial charge on any atom is -0.447 e. The molecule has 2 aliphatic heterocycles. The van der Waals surface area contributed by atoms with Crippen LogP contribution in [0.1, 0.15) is 58.6 Å². The highest BCUT2D eigenvalue weighted by atomic mass is 16.6. The first-order chi connectivity index (χ1) is 19.6. The van der Waals surface area contributed by atoms with Crippen LogP contribution in [0.2, 0.25) is 0 Å². The lowest BCUT2D eigenvalue weighted by Gasteiger charge is -2.46. The van der Waals surface area contributed by atoms with E-state index in [9.17, 15) is 14.9 Å². The molecular weight excluding hydrogens is 524 g/mol. The summed E-state index contributed by atoms with van der Waals surface area (Å²) in [6.45, 7) is 11.7. The van der Waals surface area contributed by atoms with Gasteiger partial charge in [0.1, 0.15) is 18.2 Å². The number of piperidine rings is 1. The minimum absolute atomic E-state index is 0.0875. The summed E-state index contributed by atoms with van der Waals surface area (Å²) in [7, 11) is 1.53. The van der Waals surface area contributed by atoms with E-state index in [2.05, 4.69) is 37.5 Å². The summed E-state index contributed by atoms with van der Waals surface area (Å²) in [5, 5.41) is 16.7. The second kappa shape index (κ2) is 15.1. The topological polar surface area (TPSA) is 129 Å². The maximum absolute atomic E-state index is 14.8. The lowest BCUT2D eigenvalue weighted by molar-refractivity contribution is -0.142. The smallest absolute Gasteiger partial charge is 0.414 e. The van der Waals surface area contributed by atoms with Crippen molar-refractivity contribution in [3.63, 3.8) is 0 Å². The number of benzene rings is 1. The van der Waals surface area contributed by atoms with Gasteiger partial charge in [-0.05, 0) is 50.3 Å². The van der Waals surface area contributed by atoms with Gasteiger partial charge in [0.15, 0.2) is 0 Å². The zero-order chi connectivity index (χ0) is 29.9. The number of amides is 2. The highest BCUT2D eigenvalue weighted by molar-refractivity contribution is 5.96. The van der Waals surface area contributed by atoms with Crippen LogP contribution in [0.5, 0.6) is 0 Å². The first-order valence-electron chi connectivity index (χ1n) is 14.4. The summed E-state index contributed by atoms with van der Waals surface area (Å²) < 4.78 is 15.8. The molecule has 2 N–H and O–H groups in total. The first kappa shape index (κ1) is 32.3. The van der Waals surface area contributed by atoms with Gasteiger partial charge in [-0.15, -0.1) is 0 Å². The number of alkyl carbamates (subject to hydrolysis) is 1. The quantitative estimate of drug-likeness (QED) is 0.263. The van der Waals surface area contributed by atoms with Crippen LogP contribution in [0.3, 0.4) is 0 Å². The van der Waals surface area contributed by atoms with Crippen molar-refractivity contribution >= 4 is 18.0 Å². The minimum atomic E-state index is -0.991. The van der Waals surface area contributed by atoms with Crippen LogP contribution in [-0.4, -0.2) is 99.1 Å². The van der Waals surface area contributed by atoms with Crippen molar-refractivity contribution in [2.45, 2.75) is 64.6 Å². The Kier molecular flexibility index (Phi) is 11.9. The van der Waals surface area contributed by atoms with E-state index in [0.717, 1.165) is 5.56 Å². The molecule has 2 aliphatic rings. The van der Waals surface area contributed by atoms with Gasteiger partial charge in [-0.3, -0.25) is 10.1 Å². The number of aliphatic imine (C=N–C) groups is 1. The number of carbonyl (C=O) groups excluding carboxylic acids is 2. The molecule has 41 heavy (non-hydrogen) atoms. The molecule has 2 atom stereocenters. The Hall–Kier alpha value is -3.20. The number of nitriles is 1. The largest absolute Gasteiger partial charge is 0.447 e. The number of nitrogens with one attached hydrogen (secondary N) is 2. The van der Waals surface area contributed by atoms with Gasteiger partial charge in [0.05, 0.1) is 31.9 Å². The van der Waals surface area contributed by atoms with Gasteiger partial charge in [0.25, 0.3) is 0 Å². The molecule has 0 spiro atoms. The van der Waals surface area contributed by atoms with E-state index in [1.807, 2.05) is 42.2 Å². The van der Waals surface area contributed by atoms with Gasteiger partial charge < -0.3 is 29.3 Å². The molecule has 226 valence electrons. The SMILES string of the molecule is COCCOC(=O)NC(=NC(CC(C)(C)C)C(=O)N(C(C)c1ccccc1)C1(C#N)CCNCC1)N1CCOCC1. The lowest BCUT2D eigenvalue weighted by Crippen LogP contribution is -2.59. The molecule has 2 saturated heterocycles. The third kappa shape index (κ3) is 9.15. The molecule has 3 rings (SSSR count). The Morgan fingerprint density at radius 2 is 1.85 bits per heavy atom. The molecule has 11 heteroatoms. The Morgan fingerprint density at radius 1 is 1.20 bits per heavy atom. The first-order valence-corrected chi connectivity index (χ1v) is 14.4. The van der Waals surface area contributed by atoms with Crippen LogP contribution in [0.4, 0.5) is 4.79 Å². The van der Waals surface area contributed by atoms with Crippen LogP contribution in [0, 0.1) is 16.7 Å². The Bertz CT molecular complexity index is 1060. The highest BCUT2D eigenvalue weighted by Crippen LogP contribution is 2.36. The molecule has 11 nitrogen and oxygen atoms in total. The maximum atomic E-state index is 14.8. The van der Waals surface area contributed by atoms with E-state index in [-0.39, 0.29) is 36.5 Å². The third-order valence-electron chi connectivity index (χ3n) is 7.42. The summed E-state index contributed by atoms with van der Waals surface area (Å²) in [6, 6.07) is 11.1. The van der Waals surface area contributed by atoms with Crippen LogP contribution >= 0.6 is 0 Å². The molecular formula is C30H46N6O5. The molecule has 0 aromatic heterocycles. The molecule has 1 aromatic carbocycles. The number of nitrogens with zero attached hydrogens (tertiary/aromatic N) is 4. The number of rotatable bonds is 9. The number of hydrogen-bond acceptors (Lipinski definition) is 8. The fraction of sp³-hybridized carbons (Fsp3) is 0.667. The van der Waals surface area contributed by atoms with Crippen LogP contribution < -0.4 is 10.6 Å². The van der Waals surface area contributed by atoms with E-state index in [1.54, 1.807) is 4.90 Å². The molecule has 0 bridgehead atoms. The van der Waals surface area contributed by atoms with Gasteiger partial charge in [-0.1, -0.05) is 51.1 Å². The van der Waals surface area contributed by atoms with Crippen molar-refractivity contribution in [1.29, 1.82) is 5.26 Å². The van der Waals surface area contributed by atoms with E-state index in [1.165, 1.54) is 7.11 Å². The molecule has 0 aliphatic carbocycles. The molecule has 2 amide bonds. The van der Waals surface area contributed by atoms with E-state index in [4.69, 9.17) is 19.2 Å². The summed E-state index contributed by atoms with van der Waals surface area (Å²) in [6.07, 6.45) is 0.769. The lowest BCUT2D eigenvalue weighted by atomic mass is 9.83. The summed E-state index contributed by atoms with van der Waals surface area (Å²) in [4.78, 5) is 36.1.